The molecule has 3 nitrogen and oxygen atoms in total. The second-order valence-corrected chi connectivity index (χ2v) is 7.40. The highest BCUT2D eigenvalue weighted by molar-refractivity contribution is 8.06. The fraction of sp³-hybridized carbons (Fsp3) is 0.727. The molecule has 1 aromatic heterocycles. The van der Waals surface area contributed by atoms with Gasteiger partial charge in [0.05, 0.1) is 17.6 Å². The molecule has 2 heterocycles. The maximum Gasteiger partial charge on any atom is 0.107 e. The van der Waals surface area contributed by atoms with Crippen LogP contribution >= 0.6 is 34.9 Å². The van der Waals surface area contributed by atoms with E-state index in [1.54, 1.807) is 7.11 Å². The standard InChI is InChI=1S/C11H18N2OS3/c1-12-5-9-8(6-14-2)13-11(17-9)10-7-15-3-4-16-10/h10,12H,3-7H2,1-2H3. The van der Waals surface area contributed by atoms with Gasteiger partial charge in [-0.1, -0.05) is 0 Å². The van der Waals surface area contributed by atoms with E-state index >= 15 is 0 Å². The summed E-state index contributed by atoms with van der Waals surface area (Å²) < 4.78 is 5.22. The Morgan fingerprint density at radius 1 is 1.47 bits per heavy atom. The van der Waals surface area contributed by atoms with Crippen molar-refractivity contribution in [2.45, 2.75) is 18.4 Å². The molecule has 96 valence electrons. The van der Waals surface area contributed by atoms with E-state index in [1.807, 2.05) is 41.9 Å². The van der Waals surface area contributed by atoms with Gasteiger partial charge in [-0.25, -0.2) is 4.98 Å². The van der Waals surface area contributed by atoms with Crippen molar-refractivity contribution in [2.75, 3.05) is 31.4 Å². The number of thiazole rings is 1. The highest BCUT2D eigenvalue weighted by Gasteiger charge is 2.21. The van der Waals surface area contributed by atoms with E-state index in [1.165, 1.54) is 27.1 Å². The number of methoxy groups -OCH3 is 1. The van der Waals surface area contributed by atoms with Gasteiger partial charge in [-0.3, -0.25) is 0 Å². The molecule has 0 bridgehead atoms. The van der Waals surface area contributed by atoms with Crippen LogP contribution in [-0.4, -0.2) is 36.4 Å². The van der Waals surface area contributed by atoms with Gasteiger partial charge in [-0.15, -0.1) is 23.1 Å². The molecular weight excluding hydrogens is 272 g/mol. The van der Waals surface area contributed by atoms with Crippen molar-refractivity contribution in [1.29, 1.82) is 0 Å². The lowest BCUT2D eigenvalue weighted by atomic mass is 10.3. The Hall–Kier alpha value is 0.250. The molecule has 17 heavy (non-hydrogen) atoms. The van der Waals surface area contributed by atoms with Crippen LogP contribution in [0.3, 0.4) is 0 Å². The summed E-state index contributed by atoms with van der Waals surface area (Å²) in [5.74, 6) is 3.72. The van der Waals surface area contributed by atoms with E-state index in [9.17, 15) is 0 Å². The minimum Gasteiger partial charge on any atom is -0.378 e. The molecular formula is C11H18N2OS3. The highest BCUT2D eigenvalue weighted by Crippen LogP contribution is 2.39. The maximum atomic E-state index is 5.22. The molecule has 1 atom stereocenters. The predicted molar refractivity (Wildman–Crippen MR) is 78.1 cm³/mol. The van der Waals surface area contributed by atoms with Gasteiger partial charge < -0.3 is 10.1 Å². The van der Waals surface area contributed by atoms with Gasteiger partial charge in [0.1, 0.15) is 5.01 Å². The zero-order valence-electron chi connectivity index (χ0n) is 10.2. The van der Waals surface area contributed by atoms with Gasteiger partial charge in [0.15, 0.2) is 0 Å². The number of aromatic nitrogens is 1. The third kappa shape index (κ3) is 3.61. The summed E-state index contributed by atoms with van der Waals surface area (Å²) in [6.07, 6.45) is 0. The molecule has 0 amide bonds. The molecule has 6 heteroatoms. The van der Waals surface area contributed by atoms with E-state index in [0.29, 0.717) is 11.9 Å². The Bertz CT molecular complexity index is 327. The third-order valence-corrected chi connectivity index (χ3v) is 6.63. The number of nitrogens with one attached hydrogen (secondary N) is 1. The Morgan fingerprint density at radius 3 is 3.00 bits per heavy atom. The Morgan fingerprint density at radius 2 is 2.35 bits per heavy atom. The molecule has 1 aliphatic heterocycles. The van der Waals surface area contributed by atoms with Crippen LogP contribution in [0.4, 0.5) is 0 Å². The lowest BCUT2D eigenvalue weighted by Crippen LogP contribution is -2.06. The van der Waals surface area contributed by atoms with E-state index in [-0.39, 0.29) is 0 Å². The minimum absolute atomic E-state index is 0.583. The summed E-state index contributed by atoms with van der Waals surface area (Å²) in [5.41, 5.74) is 1.11. The Kier molecular flexibility index (Phi) is 5.62. The number of rotatable bonds is 5. The summed E-state index contributed by atoms with van der Waals surface area (Å²) >= 11 is 5.92. The zero-order chi connectivity index (χ0) is 12.1. The average Bonchev–Trinajstić information content (AvgIpc) is 2.75. The molecule has 1 aliphatic rings. The third-order valence-electron chi connectivity index (χ3n) is 2.50. The lowest BCUT2D eigenvalue weighted by molar-refractivity contribution is 0.181. The van der Waals surface area contributed by atoms with Gasteiger partial charge in [-0.2, -0.15) is 11.8 Å². The summed E-state index contributed by atoms with van der Waals surface area (Å²) in [4.78, 5) is 6.08. The summed E-state index contributed by atoms with van der Waals surface area (Å²) in [7, 11) is 3.70. The molecule has 0 spiro atoms. The second-order valence-electron chi connectivity index (χ2n) is 3.82. The minimum atomic E-state index is 0.583. The van der Waals surface area contributed by atoms with Gasteiger partial charge >= 0.3 is 0 Å². The van der Waals surface area contributed by atoms with E-state index < -0.39 is 0 Å². The molecule has 1 aromatic rings. The molecule has 2 rings (SSSR count). The first-order valence-electron chi connectivity index (χ1n) is 5.66. The van der Waals surface area contributed by atoms with Crippen molar-refractivity contribution < 1.29 is 4.74 Å². The molecule has 1 N–H and O–H groups in total. The average molecular weight is 290 g/mol. The maximum absolute atomic E-state index is 5.22. The van der Waals surface area contributed by atoms with Crippen LogP contribution in [0.2, 0.25) is 0 Å². The van der Waals surface area contributed by atoms with Crippen LogP contribution in [0.5, 0.6) is 0 Å². The molecule has 0 radical (unpaired) electrons. The zero-order valence-corrected chi connectivity index (χ0v) is 12.6. The van der Waals surface area contributed by atoms with Gasteiger partial charge in [0, 0.05) is 35.8 Å². The first-order chi connectivity index (χ1) is 8.35. The second kappa shape index (κ2) is 6.99. The van der Waals surface area contributed by atoms with Crippen LogP contribution in [0.25, 0.3) is 0 Å². The predicted octanol–water partition coefficient (Wildman–Crippen LogP) is 2.53. The molecule has 1 unspecified atom stereocenters. The van der Waals surface area contributed by atoms with Crippen LogP contribution in [0.1, 0.15) is 20.8 Å². The van der Waals surface area contributed by atoms with Crippen LogP contribution in [0, 0.1) is 0 Å². The quantitative estimate of drug-likeness (QED) is 0.901. The van der Waals surface area contributed by atoms with Crippen LogP contribution in [0.15, 0.2) is 0 Å². The Labute approximate surface area is 115 Å². The summed E-state index contributed by atoms with van der Waals surface area (Å²) in [6, 6.07) is 0. The number of hydrogen-bond acceptors (Lipinski definition) is 6. The van der Waals surface area contributed by atoms with Crippen LogP contribution < -0.4 is 5.32 Å². The first-order valence-corrected chi connectivity index (χ1v) is 8.68. The van der Waals surface area contributed by atoms with Crippen molar-refractivity contribution in [3.05, 3.63) is 15.6 Å². The first kappa shape index (κ1) is 13.7. The fourth-order valence-electron chi connectivity index (χ4n) is 1.72. The van der Waals surface area contributed by atoms with Crippen LogP contribution in [-0.2, 0) is 17.9 Å². The normalized spacial score (nSPS) is 20.7. The fourth-order valence-corrected chi connectivity index (χ4v) is 5.78. The highest BCUT2D eigenvalue weighted by atomic mass is 32.2. The van der Waals surface area contributed by atoms with Gasteiger partial charge in [0.2, 0.25) is 0 Å². The monoisotopic (exact) mass is 290 g/mol. The van der Waals surface area contributed by atoms with Crippen molar-refractivity contribution >= 4 is 34.9 Å². The molecule has 1 saturated heterocycles. The topological polar surface area (TPSA) is 34.2 Å². The van der Waals surface area contributed by atoms with Gasteiger partial charge in [-0.05, 0) is 7.05 Å². The molecule has 1 fully saturated rings. The summed E-state index contributed by atoms with van der Waals surface area (Å²) in [6.45, 7) is 1.51. The van der Waals surface area contributed by atoms with E-state index in [0.717, 1.165) is 12.2 Å². The van der Waals surface area contributed by atoms with E-state index in [4.69, 9.17) is 9.72 Å². The SMILES string of the molecule is CNCc1sc(C2CSCCS2)nc1COC. The smallest absolute Gasteiger partial charge is 0.107 e. The number of ether oxygens (including phenoxy) is 1. The molecule has 0 aliphatic carbocycles. The molecule has 0 aromatic carbocycles. The Balaban J connectivity index is 2.13. The van der Waals surface area contributed by atoms with Crippen molar-refractivity contribution in [1.82, 2.24) is 10.3 Å². The van der Waals surface area contributed by atoms with Crippen molar-refractivity contribution in [3.8, 4) is 0 Å². The summed E-state index contributed by atoms with van der Waals surface area (Å²) in [5, 5.41) is 5.06. The van der Waals surface area contributed by atoms with E-state index in [2.05, 4.69) is 5.32 Å². The van der Waals surface area contributed by atoms with Crippen molar-refractivity contribution in [2.24, 2.45) is 0 Å². The van der Waals surface area contributed by atoms with Crippen molar-refractivity contribution in [3.63, 3.8) is 0 Å². The number of nitrogens with zero attached hydrogens (tertiary/aromatic N) is 1. The largest absolute Gasteiger partial charge is 0.378 e. The van der Waals surface area contributed by atoms with Gasteiger partial charge in [0.25, 0.3) is 0 Å². The lowest BCUT2D eigenvalue weighted by Gasteiger charge is -2.18. The number of thioether (sulfide) groups is 2. The molecule has 0 saturated carbocycles. The number of hydrogen-bond donors (Lipinski definition) is 1.